The van der Waals surface area contributed by atoms with E-state index in [1.165, 1.54) is 23.9 Å². The summed E-state index contributed by atoms with van der Waals surface area (Å²) in [5.74, 6) is -0.455. The van der Waals surface area contributed by atoms with E-state index in [-0.39, 0.29) is 21.6 Å². The van der Waals surface area contributed by atoms with E-state index in [1.54, 1.807) is 36.4 Å². The fraction of sp³-hybridized carbons (Fsp3) is 0.263. The Balaban J connectivity index is 1.75. The standard InChI is InChI=1S/C19H22N2O5S2/c1-13(27-12-15-2-6-16(7-3-15)19(23)24)18(22)21-11-10-14-4-8-17(9-5-14)28(20,25)26/h2-9,13H,10-12H2,1H3,(H,21,22)(H,23,24)(H2,20,25,26). The average molecular weight is 423 g/mol. The van der Waals surface area contributed by atoms with Crippen molar-refractivity contribution in [2.75, 3.05) is 6.54 Å². The van der Waals surface area contributed by atoms with Crippen molar-refractivity contribution < 1.29 is 23.1 Å². The van der Waals surface area contributed by atoms with Crippen LogP contribution in [0.3, 0.4) is 0 Å². The topological polar surface area (TPSA) is 127 Å². The van der Waals surface area contributed by atoms with Gasteiger partial charge in [0.15, 0.2) is 0 Å². The molecule has 0 fully saturated rings. The normalized spacial score (nSPS) is 12.4. The number of thioether (sulfide) groups is 1. The Morgan fingerprint density at radius 1 is 1.07 bits per heavy atom. The van der Waals surface area contributed by atoms with Crippen LogP contribution in [0.2, 0.25) is 0 Å². The first-order valence-electron chi connectivity index (χ1n) is 8.50. The van der Waals surface area contributed by atoms with Crippen molar-refractivity contribution in [3.8, 4) is 0 Å². The van der Waals surface area contributed by atoms with Gasteiger partial charge in [-0.2, -0.15) is 0 Å². The van der Waals surface area contributed by atoms with Crippen molar-refractivity contribution in [2.45, 2.75) is 29.2 Å². The minimum absolute atomic E-state index is 0.0571. The molecule has 7 nitrogen and oxygen atoms in total. The summed E-state index contributed by atoms with van der Waals surface area (Å²) in [6.45, 7) is 2.25. The number of carboxylic acids is 1. The maximum atomic E-state index is 12.2. The van der Waals surface area contributed by atoms with E-state index in [4.69, 9.17) is 10.2 Å². The lowest BCUT2D eigenvalue weighted by molar-refractivity contribution is -0.120. The average Bonchev–Trinajstić information content (AvgIpc) is 2.66. The molecule has 0 radical (unpaired) electrons. The minimum atomic E-state index is -3.70. The molecule has 0 bridgehead atoms. The van der Waals surface area contributed by atoms with Gasteiger partial charge in [0.2, 0.25) is 15.9 Å². The molecule has 150 valence electrons. The van der Waals surface area contributed by atoms with Crippen molar-refractivity contribution >= 4 is 33.7 Å². The van der Waals surface area contributed by atoms with Crippen molar-refractivity contribution in [3.05, 3.63) is 65.2 Å². The highest BCUT2D eigenvalue weighted by Crippen LogP contribution is 2.18. The van der Waals surface area contributed by atoms with Crippen LogP contribution >= 0.6 is 11.8 Å². The van der Waals surface area contributed by atoms with Crippen molar-refractivity contribution in [2.24, 2.45) is 5.14 Å². The number of benzene rings is 2. The lowest BCUT2D eigenvalue weighted by atomic mass is 10.1. The van der Waals surface area contributed by atoms with Crippen LogP contribution in [0, 0.1) is 0 Å². The van der Waals surface area contributed by atoms with Crippen LogP contribution in [-0.4, -0.2) is 37.2 Å². The molecule has 0 aromatic heterocycles. The Morgan fingerprint density at radius 3 is 2.18 bits per heavy atom. The molecule has 0 saturated heterocycles. The molecule has 9 heteroatoms. The SMILES string of the molecule is CC(SCc1ccc(C(=O)O)cc1)C(=O)NCCc1ccc(S(N)(=O)=O)cc1. The number of amides is 1. The molecule has 2 aromatic rings. The van der Waals surface area contributed by atoms with Gasteiger partial charge < -0.3 is 10.4 Å². The monoisotopic (exact) mass is 422 g/mol. The summed E-state index contributed by atoms with van der Waals surface area (Å²) in [5, 5.41) is 16.5. The number of nitrogens with two attached hydrogens (primary N) is 1. The predicted octanol–water partition coefficient (Wildman–Crippen LogP) is 2.01. The fourth-order valence-electron chi connectivity index (χ4n) is 2.36. The molecular formula is C19H22N2O5S2. The van der Waals surface area contributed by atoms with Crippen LogP contribution < -0.4 is 10.5 Å². The van der Waals surface area contributed by atoms with E-state index in [1.807, 2.05) is 6.92 Å². The molecule has 0 heterocycles. The van der Waals surface area contributed by atoms with Gasteiger partial charge in [0.1, 0.15) is 0 Å². The lowest BCUT2D eigenvalue weighted by Gasteiger charge is -2.12. The van der Waals surface area contributed by atoms with Crippen LogP contribution in [-0.2, 0) is 27.0 Å². The molecule has 2 aromatic carbocycles. The summed E-state index contributed by atoms with van der Waals surface area (Å²) in [5.41, 5.74) is 2.08. The molecule has 0 aliphatic rings. The second-order valence-corrected chi connectivity index (χ2v) is 9.08. The third-order valence-electron chi connectivity index (χ3n) is 4.03. The van der Waals surface area contributed by atoms with Crippen LogP contribution in [0.1, 0.15) is 28.4 Å². The molecule has 1 unspecified atom stereocenters. The lowest BCUT2D eigenvalue weighted by Crippen LogP contribution is -2.32. The first kappa shape index (κ1) is 21.9. The summed E-state index contributed by atoms with van der Waals surface area (Å²) < 4.78 is 22.5. The summed E-state index contributed by atoms with van der Waals surface area (Å²) in [4.78, 5) is 23.1. The first-order chi connectivity index (χ1) is 13.2. The molecule has 0 spiro atoms. The zero-order chi connectivity index (χ0) is 20.7. The van der Waals surface area contributed by atoms with Crippen molar-refractivity contribution in [3.63, 3.8) is 0 Å². The van der Waals surface area contributed by atoms with Gasteiger partial charge in [-0.3, -0.25) is 4.79 Å². The van der Waals surface area contributed by atoms with Gasteiger partial charge in [0.05, 0.1) is 15.7 Å². The van der Waals surface area contributed by atoms with Crippen molar-refractivity contribution in [1.29, 1.82) is 0 Å². The van der Waals surface area contributed by atoms with Gasteiger partial charge in [0, 0.05) is 12.3 Å². The maximum absolute atomic E-state index is 12.2. The minimum Gasteiger partial charge on any atom is -0.478 e. The van der Waals surface area contributed by atoms with Gasteiger partial charge in [-0.1, -0.05) is 24.3 Å². The number of aromatic carboxylic acids is 1. The number of carbonyl (C=O) groups is 2. The highest BCUT2D eigenvalue weighted by molar-refractivity contribution is 7.99. The smallest absolute Gasteiger partial charge is 0.335 e. The molecule has 0 saturated carbocycles. The Hall–Kier alpha value is -2.36. The Bertz CT molecular complexity index is 926. The molecule has 1 amide bonds. The van der Waals surface area contributed by atoms with Crippen LogP contribution in [0.15, 0.2) is 53.4 Å². The molecule has 28 heavy (non-hydrogen) atoms. The third kappa shape index (κ3) is 6.66. The zero-order valence-corrected chi connectivity index (χ0v) is 16.9. The summed E-state index contributed by atoms with van der Waals surface area (Å²) >= 11 is 1.46. The van der Waals surface area contributed by atoms with Gasteiger partial charge in [-0.05, 0) is 48.7 Å². The number of sulfonamides is 1. The van der Waals surface area contributed by atoms with Gasteiger partial charge in [-0.15, -0.1) is 11.8 Å². The molecular weight excluding hydrogens is 400 g/mol. The molecule has 2 rings (SSSR count). The highest BCUT2D eigenvalue weighted by Gasteiger charge is 2.13. The van der Waals surface area contributed by atoms with E-state index in [9.17, 15) is 18.0 Å². The number of hydrogen-bond acceptors (Lipinski definition) is 5. The second-order valence-electron chi connectivity index (χ2n) is 6.19. The van der Waals surface area contributed by atoms with Crippen molar-refractivity contribution in [1.82, 2.24) is 5.32 Å². The van der Waals surface area contributed by atoms with E-state index in [0.29, 0.717) is 18.7 Å². The van der Waals surface area contributed by atoms with Crippen LogP contribution in [0.25, 0.3) is 0 Å². The van der Waals surface area contributed by atoms with E-state index < -0.39 is 16.0 Å². The Morgan fingerprint density at radius 2 is 1.64 bits per heavy atom. The quantitative estimate of drug-likeness (QED) is 0.567. The fourth-order valence-corrected chi connectivity index (χ4v) is 3.75. The maximum Gasteiger partial charge on any atom is 0.335 e. The van der Waals surface area contributed by atoms with Gasteiger partial charge in [-0.25, -0.2) is 18.4 Å². The highest BCUT2D eigenvalue weighted by atomic mass is 32.2. The number of rotatable bonds is 9. The number of nitrogens with one attached hydrogen (secondary N) is 1. The van der Waals surface area contributed by atoms with Crippen LogP contribution in [0.4, 0.5) is 0 Å². The van der Waals surface area contributed by atoms with E-state index >= 15 is 0 Å². The van der Waals surface area contributed by atoms with Crippen LogP contribution in [0.5, 0.6) is 0 Å². The Kier molecular flexibility index (Phi) is 7.61. The molecule has 4 N–H and O–H groups in total. The zero-order valence-electron chi connectivity index (χ0n) is 15.3. The third-order valence-corrected chi connectivity index (χ3v) is 6.18. The Labute approximate surface area is 168 Å². The summed E-state index contributed by atoms with van der Waals surface area (Å²) in [6.07, 6.45) is 0.574. The number of carbonyl (C=O) groups excluding carboxylic acids is 1. The van der Waals surface area contributed by atoms with Gasteiger partial charge >= 0.3 is 5.97 Å². The molecule has 0 aliphatic carbocycles. The summed E-state index contributed by atoms with van der Waals surface area (Å²) in [6, 6.07) is 12.8. The number of hydrogen-bond donors (Lipinski definition) is 3. The van der Waals surface area contributed by atoms with E-state index in [2.05, 4.69) is 5.32 Å². The predicted molar refractivity (Wildman–Crippen MR) is 109 cm³/mol. The van der Waals surface area contributed by atoms with E-state index in [0.717, 1.165) is 11.1 Å². The number of primary sulfonamides is 1. The summed E-state index contributed by atoms with van der Waals surface area (Å²) in [7, 11) is -3.70. The van der Waals surface area contributed by atoms with Gasteiger partial charge in [0.25, 0.3) is 0 Å². The molecule has 1 atom stereocenters. The molecule has 0 aliphatic heterocycles. The second kappa shape index (κ2) is 9.72. The number of carboxylic acid groups (broad SMARTS) is 1. The largest absolute Gasteiger partial charge is 0.478 e. The first-order valence-corrected chi connectivity index (χ1v) is 11.1.